The maximum Gasteiger partial charge on any atom is 0.256 e. The number of hydrogen-bond acceptors (Lipinski definition) is 4. The molecule has 0 bridgehead atoms. The molecule has 2 heterocycles. The first kappa shape index (κ1) is 19.8. The molecule has 0 spiro atoms. The maximum absolute atomic E-state index is 12.6. The number of nitrogens with zero attached hydrogens (tertiary/aromatic N) is 5. The van der Waals surface area contributed by atoms with E-state index < -0.39 is 0 Å². The number of carbonyl (C=O) groups is 1. The van der Waals surface area contributed by atoms with Crippen molar-refractivity contribution in [2.45, 2.75) is 33.9 Å². The number of rotatable bonds is 6. The van der Waals surface area contributed by atoms with E-state index in [1.54, 1.807) is 4.68 Å². The van der Waals surface area contributed by atoms with Crippen molar-refractivity contribution in [1.82, 2.24) is 24.5 Å². The van der Waals surface area contributed by atoms with Crippen molar-refractivity contribution in [1.29, 1.82) is 0 Å². The van der Waals surface area contributed by atoms with Crippen LogP contribution in [-0.4, -0.2) is 37.4 Å². The van der Waals surface area contributed by atoms with Crippen molar-refractivity contribution in [2.24, 2.45) is 14.1 Å². The van der Waals surface area contributed by atoms with Crippen LogP contribution in [0.1, 0.15) is 38.6 Å². The zero-order valence-electron chi connectivity index (χ0n) is 17.4. The van der Waals surface area contributed by atoms with Crippen LogP contribution in [0.15, 0.2) is 30.3 Å². The van der Waals surface area contributed by atoms with E-state index in [-0.39, 0.29) is 5.91 Å². The second-order valence-corrected chi connectivity index (χ2v) is 7.39. The minimum atomic E-state index is -0.133. The molecule has 0 saturated carbocycles. The first-order valence-corrected chi connectivity index (χ1v) is 9.33. The standard InChI is InChI=1S/C21H28N6O/c1-14-10-20(27(6)23-14)22-21(28)18-9-7-8-17(11-18)12-25(4)13-19-15(2)24-26(5)16(19)3/h7-11H,12-13H2,1-6H3,(H,22,28). The van der Waals surface area contributed by atoms with E-state index in [0.717, 1.165) is 30.0 Å². The molecule has 148 valence electrons. The lowest BCUT2D eigenvalue weighted by atomic mass is 10.1. The number of amides is 1. The van der Waals surface area contributed by atoms with Crippen LogP contribution in [0.4, 0.5) is 5.82 Å². The van der Waals surface area contributed by atoms with Gasteiger partial charge in [0.05, 0.1) is 11.4 Å². The summed E-state index contributed by atoms with van der Waals surface area (Å²) >= 11 is 0. The number of benzene rings is 1. The van der Waals surface area contributed by atoms with Gasteiger partial charge in [-0.1, -0.05) is 12.1 Å². The molecule has 3 rings (SSSR count). The Bertz CT molecular complexity index is 1000. The smallest absolute Gasteiger partial charge is 0.256 e. The molecule has 2 aromatic heterocycles. The largest absolute Gasteiger partial charge is 0.307 e. The SMILES string of the molecule is Cc1cc(NC(=O)c2cccc(CN(C)Cc3c(C)nn(C)c3C)c2)n(C)n1. The van der Waals surface area contributed by atoms with Gasteiger partial charge in [-0.3, -0.25) is 19.1 Å². The molecule has 0 radical (unpaired) electrons. The number of nitrogens with one attached hydrogen (secondary N) is 1. The lowest BCUT2D eigenvalue weighted by molar-refractivity contribution is 0.102. The highest BCUT2D eigenvalue weighted by molar-refractivity contribution is 6.03. The summed E-state index contributed by atoms with van der Waals surface area (Å²) in [7, 11) is 5.87. The summed E-state index contributed by atoms with van der Waals surface area (Å²) in [5, 5.41) is 11.7. The molecule has 1 aromatic carbocycles. The molecule has 0 saturated heterocycles. The fourth-order valence-corrected chi connectivity index (χ4v) is 3.41. The van der Waals surface area contributed by atoms with Gasteiger partial charge in [-0.15, -0.1) is 0 Å². The number of hydrogen-bond donors (Lipinski definition) is 1. The van der Waals surface area contributed by atoms with Crippen molar-refractivity contribution < 1.29 is 4.79 Å². The van der Waals surface area contributed by atoms with Gasteiger partial charge < -0.3 is 5.32 Å². The van der Waals surface area contributed by atoms with Crippen molar-refractivity contribution >= 4 is 11.7 Å². The Labute approximate surface area is 166 Å². The summed E-state index contributed by atoms with van der Waals surface area (Å²) in [5.41, 5.74) is 6.10. The lowest BCUT2D eigenvalue weighted by Crippen LogP contribution is -2.19. The second-order valence-electron chi connectivity index (χ2n) is 7.39. The van der Waals surface area contributed by atoms with Crippen molar-refractivity contribution in [3.8, 4) is 0 Å². The topological polar surface area (TPSA) is 68.0 Å². The van der Waals surface area contributed by atoms with Crippen LogP contribution in [-0.2, 0) is 27.2 Å². The second kappa shape index (κ2) is 7.98. The molecule has 0 aliphatic carbocycles. The van der Waals surface area contributed by atoms with Gasteiger partial charge in [-0.2, -0.15) is 10.2 Å². The van der Waals surface area contributed by atoms with E-state index in [2.05, 4.69) is 34.4 Å². The molecule has 0 fully saturated rings. The number of carbonyl (C=O) groups excluding carboxylic acids is 1. The Morgan fingerprint density at radius 2 is 1.82 bits per heavy atom. The van der Waals surface area contributed by atoms with Crippen molar-refractivity contribution in [3.05, 3.63) is 64.1 Å². The highest BCUT2D eigenvalue weighted by Gasteiger charge is 2.13. The predicted molar refractivity (Wildman–Crippen MR) is 110 cm³/mol. The van der Waals surface area contributed by atoms with E-state index in [9.17, 15) is 4.79 Å². The van der Waals surface area contributed by atoms with E-state index in [0.29, 0.717) is 11.4 Å². The fraction of sp³-hybridized carbons (Fsp3) is 0.381. The van der Waals surface area contributed by atoms with Crippen LogP contribution in [0.5, 0.6) is 0 Å². The average molecular weight is 380 g/mol. The van der Waals surface area contributed by atoms with E-state index >= 15 is 0 Å². The number of anilines is 1. The van der Waals surface area contributed by atoms with Crippen molar-refractivity contribution in [2.75, 3.05) is 12.4 Å². The monoisotopic (exact) mass is 380 g/mol. The number of aryl methyl sites for hydroxylation is 4. The van der Waals surface area contributed by atoms with Gasteiger partial charge in [0, 0.05) is 50.1 Å². The third-order valence-corrected chi connectivity index (χ3v) is 4.97. The number of aromatic nitrogens is 4. The zero-order valence-corrected chi connectivity index (χ0v) is 17.4. The molecule has 3 aromatic rings. The molecule has 7 heteroatoms. The van der Waals surface area contributed by atoms with E-state index in [4.69, 9.17) is 0 Å². The molecule has 1 N–H and O–H groups in total. The molecule has 0 aliphatic rings. The van der Waals surface area contributed by atoms with Crippen molar-refractivity contribution in [3.63, 3.8) is 0 Å². The van der Waals surface area contributed by atoms with Crippen LogP contribution in [0.2, 0.25) is 0 Å². The van der Waals surface area contributed by atoms with Gasteiger partial charge in [-0.05, 0) is 45.5 Å². The van der Waals surface area contributed by atoms with Crippen LogP contribution in [0.3, 0.4) is 0 Å². The van der Waals surface area contributed by atoms with Gasteiger partial charge >= 0.3 is 0 Å². The first-order chi connectivity index (χ1) is 13.2. The summed E-state index contributed by atoms with van der Waals surface area (Å²) < 4.78 is 3.59. The quantitative estimate of drug-likeness (QED) is 0.714. The molecule has 0 aliphatic heterocycles. The highest BCUT2D eigenvalue weighted by Crippen LogP contribution is 2.17. The summed E-state index contributed by atoms with van der Waals surface area (Å²) in [5.74, 6) is 0.555. The Morgan fingerprint density at radius 3 is 2.43 bits per heavy atom. The van der Waals surface area contributed by atoms with Crippen LogP contribution < -0.4 is 5.32 Å². The maximum atomic E-state index is 12.6. The van der Waals surface area contributed by atoms with Gasteiger partial charge in [0.15, 0.2) is 0 Å². The third kappa shape index (κ3) is 4.31. The third-order valence-electron chi connectivity index (χ3n) is 4.97. The lowest BCUT2D eigenvalue weighted by Gasteiger charge is -2.17. The molecule has 0 atom stereocenters. The summed E-state index contributed by atoms with van der Waals surface area (Å²) in [4.78, 5) is 14.9. The summed E-state index contributed by atoms with van der Waals surface area (Å²) in [6.07, 6.45) is 0. The van der Waals surface area contributed by atoms with Crippen LogP contribution in [0, 0.1) is 20.8 Å². The van der Waals surface area contributed by atoms with Gasteiger partial charge in [-0.25, -0.2) is 0 Å². The summed E-state index contributed by atoms with van der Waals surface area (Å²) in [6.45, 7) is 7.60. The minimum absolute atomic E-state index is 0.133. The van der Waals surface area contributed by atoms with E-state index in [1.165, 1.54) is 11.3 Å². The normalized spacial score (nSPS) is 11.2. The minimum Gasteiger partial charge on any atom is -0.307 e. The molecule has 0 unspecified atom stereocenters. The van der Waals surface area contributed by atoms with Gasteiger partial charge in [0.1, 0.15) is 5.82 Å². The molecular formula is C21H28N6O. The molecule has 7 nitrogen and oxygen atoms in total. The van der Waals surface area contributed by atoms with Gasteiger partial charge in [0.2, 0.25) is 0 Å². The Kier molecular flexibility index (Phi) is 5.65. The molecular weight excluding hydrogens is 352 g/mol. The van der Waals surface area contributed by atoms with Crippen LogP contribution in [0.25, 0.3) is 0 Å². The Hall–Kier alpha value is -2.93. The predicted octanol–water partition coefficient (Wildman–Crippen LogP) is 2.96. The summed E-state index contributed by atoms with van der Waals surface area (Å²) in [6, 6.07) is 9.60. The first-order valence-electron chi connectivity index (χ1n) is 9.33. The molecule has 28 heavy (non-hydrogen) atoms. The zero-order chi connectivity index (χ0) is 20.4. The highest BCUT2D eigenvalue weighted by atomic mass is 16.1. The average Bonchev–Trinajstić information content (AvgIpc) is 3.07. The Morgan fingerprint density at radius 1 is 1.07 bits per heavy atom. The van der Waals surface area contributed by atoms with E-state index in [1.807, 2.05) is 63.0 Å². The fourth-order valence-electron chi connectivity index (χ4n) is 3.41. The van der Waals surface area contributed by atoms with Crippen LogP contribution >= 0.6 is 0 Å². The molecule has 1 amide bonds. The Balaban J connectivity index is 1.68. The van der Waals surface area contributed by atoms with Gasteiger partial charge in [0.25, 0.3) is 5.91 Å².